The fourth-order valence-electron chi connectivity index (χ4n) is 3.92. The lowest BCUT2D eigenvalue weighted by atomic mass is 10.2. The Morgan fingerprint density at radius 1 is 1.14 bits per heavy atom. The summed E-state index contributed by atoms with van der Waals surface area (Å²) in [5, 5.41) is 4.23. The summed E-state index contributed by atoms with van der Waals surface area (Å²) in [6, 6.07) is 7.86. The van der Waals surface area contributed by atoms with Crippen LogP contribution >= 0.6 is 0 Å². The van der Waals surface area contributed by atoms with E-state index in [1.54, 1.807) is 21.8 Å². The first-order chi connectivity index (χ1) is 14.2. The molecule has 9 nitrogen and oxygen atoms in total. The number of aromatic nitrogens is 4. The van der Waals surface area contributed by atoms with Crippen LogP contribution in [-0.2, 0) is 16.5 Å². The molecule has 1 unspecified atom stereocenters. The van der Waals surface area contributed by atoms with Crippen LogP contribution in [0.15, 0.2) is 36.7 Å². The van der Waals surface area contributed by atoms with Gasteiger partial charge in [0.05, 0.1) is 32.1 Å². The number of nitrogens with zero attached hydrogens (tertiary/aromatic N) is 6. The van der Waals surface area contributed by atoms with Crippen LogP contribution in [0.4, 0.5) is 5.82 Å². The molecular weight excluding hydrogens is 372 g/mol. The summed E-state index contributed by atoms with van der Waals surface area (Å²) in [7, 11) is 1.81. The third-order valence-corrected chi connectivity index (χ3v) is 5.44. The highest BCUT2D eigenvalue weighted by atomic mass is 16.5. The predicted octanol–water partition coefficient (Wildman–Crippen LogP) is 1.12. The molecule has 29 heavy (non-hydrogen) atoms. The van der Waals surface area contributed by atoms with Gasteiger partial charge in [-0.05, 0) is 18.2 Å². The van der Waals surface area contributed by atoms with Gasteiger partial charge in [0, 0.05) is 39.1 Å². The smallest absolute Gasteiger partial charge is 0.274 e. The van der Waals surface area contributed by atoms with E-state index < -0.39 is 0 Å². The number of carbonyl (C=O) groups is 1. The lowest BCUT2D eigenvalue weighted by Crippen LogP contribution is -2.42. The van der Waals surface area contributed by atoms with Crippen molar-refractivity contribution >= 4 is 17.4 Å². The Balaban J connectivity index is 1.39. The molecule has 0 bridgehead atoms. The maximum atomic E-state index is 12.8. The largest absolute Gasteiger partial charge is 0.378 e. The molecule has 1 amide bonds. The van der Waals surface area contributed by atoms with Gasteiger partial charge in [0.25, 0.3) is 5.91 Å². The first kappa shape index (κ1) is 18.1. The number of hydrogen-bond acceptors (Lipinski definition) is 6. The van der Waals surface area contributed by atoms with Crippen LogP contribution in [0.1, 0.15) is 22.3 Å². The summed E-state index contributed by atoms with van der Waals surface area (Å²) in [5.41, 5.74) is 2.17. The Kier molecular flexibility index (Phi) is 4.69. The van der Waals surface area contributed by atoms with Crippen molar-refractivity contribution in [1.82, 2.24) is 24.1 Å². The topological polar surface area (TPSA) is 77.1 Å². The number of carbonyl (C=O) groups excluding carboxylic acids is 1. The number of anilines is 1. The van der Waals surface area contributed by atoms with Crippen molar-refractivity contribution in [2.75, 3.05) is 50.9 Å². The number of hydrogen-bond donors (Lipinski definition) is 0. The molecule has 0 saturated carbocycles. The minimum absolute atomic E-state index is 0.0725. The Morgan fingerprint density at radius 3 is 2.79 bits per heavy atom. The van der Waals surface area contributed by atoms with E-state index in [1.807, 2.05) is 25.4 Å². The molecule has 2 aliphatic heterocycles. The van der Waals surface area contributed by atoms with Crippen LogP contribution < -0.4 is 4.90 Å². The van der Waals surface area contributed by atoms with Gasteiger partial charge in [-0.1, -0.05) is 6.07 Å². The lowest BCUT2D eigenvalue weighted by Gasteiger charge is -2.31. The van der Waals surface area contributed by atoms with E-state index >= 15 is 0 Å². The predicted molar refractivity (Wildman–Crippen MR) is 106 cm³/mol. The summed E-state index contributed by atoms with van der Waals surface area (Å²) in [4.78, 5) is 21.7. The normalized spacial score (nSPS) is 20.4. The van der Waals surface area contributed by atoms with Gasteiger partial charge in [0.1, 0.15) is 23.3 Å². The molecular formula is C20H24N6O3. The zero-order valence-electron chi connectivity index (χ0n) is 16.4. The van der Waals surface area contributed by atoms with Crippen LogP contribution in [0.2, 0.25) is 0 Å². The quantitative estimate of drug-likeness (QED) is 0.660. The third kappa shape index (κ3) is 3.47. The van der Waals surface area contributed by atoms with Crippen LogP contribution in [0.3, 0.4) is 0 Å². The zero-order chi connectivity index (χ0) is 19.8. The minimum Gasteiger partial charge on any atom is -0.378 e. The highest BCUT2D eigenvalue weighted by Gasteiger charge is 2.29. The Morgan fingerprint density at radius 2 is 2.00 bits per heavy atom. The van der Waals surface area contributed by atoms with Crippen molar-refractivity contribution in [3.63, 3.8) is 0 Å². The number of ether oxygens (including phenoxy) is 2. The van der Waals surface area contributed by atoms with E-state index in [2.05, 4.69) is 20.5 Å². The van der Waals surface area contributed by atoms with Crippen molar-refractivity contribution < 1.29 is 14.3 Å². The van der Waals surface area contributed by atoms with E-state index in [1.165, 1.54) is 0 Å². The summed E-state index contributed by atoms with van der Waals surface area (Å²) >= 11 is 0. The SMILES string of the molecule is Cn1ccc(C(=O)N2CCOC(c3cn4c(N5CCOCC5)cccc4n3)C2)n1. The highest BCUT2D eigenvalue weighted by Crippen LogP contribution is 2.26. The first-order valence-corrected chi connectivity index (χ1v) is 9.90. The maximum Gasteiger partial charge on any atom is 0.274 e. The second-order valence-corrected chi connectivity index (χ2v) is 7.36. The average molecular weight is 396 g/mol. The Labute approximate surface area is 168 Å². The fourth-order valence-corrected chi connectivity index (χ4v) is 3.92. The summed E-state index contributed by atoms with van der Waals surface area (Å²) in [6.45, 7) is 4.68. The van der Waals surface area contributed by atoms with Gasteiger partial charge in [-0.3, -0.25) is 13.9 Å². The molecule has 2 fully saturated rings. The van der Waals surface area contributed by atoms with Crippen LogP contribution in [0, 0.1) is 0 Å². The lowest BCUT2D eigenvalue weighted by molar-refractivity contribution is -0.0247. The van der Waals surface area contributed by atoms with Gasteiger partial charge in [0.2, 0.25) is 0 Å². The minimum atomic E-state index is -0.256. The van der Waals surface area contributed by atoms with Crippen molar-refractivity contribution in [2.45, 2.75) is 6.10 Å². The van der Waals surface area contributed by atoms with E-state index in [0.29, 0.717) is 25.4 Å². The summed E-state index contributed by atoms with van der Waals surface area (Å²) in [6.07, 6.45) is 3.55. The highest BCUT2D eigenvalue weighted by molar-refractivity contribution is 5.92. The molecule has 3 aromatic heterocycles. The van der Waals surface area contributed by atoms with Crippen LogP contribution in [0.5, 0.6) is 0 Å². The zero-order valence-corrected chi connectivity index (χ0v) is 16.4. The Hall–Kier alpha value is -2.91. The number of aryl methyl sites for hydroxylation is 1. The van der Waals surface area contributed by atoms with Crippen molar-refractivity contribution in [2.24, 2.45) is 7.05 Å². The maximum absolute atomic E-state index is 12.8. The molecule has 152 valence electrons. The second-order valence-electron chi connectivity index (χ2n) is 7.36. The van der Waals surface area contributed by atoms with Crippen molar-refractivity contribution in [3.8, 4) is 0 Å². The van der Waals surface area contributed by atoms with Crippen LogP contribution in [-0.4, -0.2) is 76.0 Å². The molecule has 0 spiro atoms. The molecule has 0 radical (unpaired) electrons. The fraction of sp³-hybridized carbons (Fsp3) is 0.450. The first-order valence-electron chi connectivity index (χ1n) is 9.90. The molecule has 0 N–H and O–H groups in total. The van der Waals surface area contributed by atoms with Gasteiger partial charge in [-0.15, -0.1) is 0 Å². The number of morpholine rings is 2. The van der Waals surface area contributed by atoms with E-state index in [4.69, 9.17) is 14.5 Å². The molecule has 3 aromatic rings. The molecule has 0 aromatic carbocycles. The van der Waals surface area contributed by atoms with Gasteiger partial charge in [-0.25, -0.2) is 4.98 Å². The van der Waals surface area contributed by atoms with Gasteiger partial charge >= 0.3 is 0 Å². The molecule has 0 aliphatic carbocycles. The number of pyridine rings is 1. The molecule has 2 saturated heterocycles. The summed E-state index contributed by atoms with van der Waals surface area (Å²) < 4.78 is 15.2. The van der Waals surface area contributed by atoms with E-state index in [-0.39, 0.29) is 12.0 Å². The molecule has 5 rings (SSSR count). The number of amides is 1. The summed E-state index contributed by atoms with van der Waals surface area (Å²) in [5.74, 6) is 1.03. The van der Waals surface area contributed by atoms with E-state index in [0.717, 1.165) is 43.5 Å². The molecule has 1 atom stereocenters. The average Bonchev–Trinajstić information content (AvgIpc) is 3.40. The number of fused-ring (bicyclic) bond motifs is 1. The number of rotatable bonds is 3. The molecule has 9 heteroatoms. The van der Waals surface area contributed by atoms with Crippen molar-refractivity contribution in [3.05, 3.63) is 48.0 Å². The molecule has 5 heterocycles. The monoisotopic (exact) mass is 396 g/mol. The Bertz CT molecular complexity index is 1020. The number of imidazole rings is 1. The van der Waals surface area contributed by atoms with Gasteiger partial charge in [-0.2, -0.15) is 5.10 Å². The van der Waals surface area contributed by atoms with Gasteiger partial charge in [0.15, 0.2) is 0 Å². The molecule has 2 aliphatic rings. The van der Waals surface area contributed by atoms with Gasteiger partial charge < -0.3 is 19.3 Å². The van der Waals surface area contributed by atoms with Crippen molar-refractivity contribution in [1.29, 1.82) is 0 Å². The standard InChI is InChI=1S/C20H24N6O3/c1-23-6-5-15(22-23)20(27)25-9-12-29-17(14-25)16-13-26-18(21-16)3-2-4-19(26)24-7-10-28-11-8-24/h2-6,13,17H,7-12,14H2,1H3. The second kappa shape index (κ2) is 7.49. The van der Waals surface area contributed by atoms with Crippen LogP contribution in [0.25, 0.3) is 5.65 Å². The van der Waals surface area contributed by atoms with E-state index in [9.17, 15) is 4.79 Å². The third-order valence-electron chi connectivity index (χ3n) is 5.44.